The highest BCUT2D eigenvalue weighted by Crippen LogP contribution is 2.50. The summed E-state index contributed by atoms with van der Waals surface area (Å²) in [6.45, 7) is 1.51. The Hall–Kier alpha value is -3.04. The number of ether oxygens (including phenoxy) is 1. The van der Waals surface area contributed by atoms with Crippen LogP contribution in [-0.4, -0.2) is 55.7 Å². The summed E-state index contributed by atoms with van der Waals surface area (Å²) in [4.78, 5) is 20.5. The fraction of sp³-hybridized carbons (Fsp3) is 0.517. The zero-order valence-electron chi connectivity index (χ0n) is 21.2. The minimum absolute atomic E-state index is 0.0166. The van der Waals surface area contributed by atoms with Crippen molar-refractivity contribution in [3.05, 3.63) is 59.7 Å². The van der Waals surface area contributed by atoms with Gasteiger partial charge in [-0.2, -0.15) is 5.26 Å². The number of hydrogen-bond donors (Lipinski definition) is 0. The lowest BCUT2D eigenvalue weighted by Crippen LogP contribution is -2.56. The number of nitriles is 1. The molecule has 2 saturated carbocycles. The van der Waals surface area contributed by atoms with Gasteiger partial charge in [-0.15, -0.1) is 0 Å². The maximum Gasteiger partial charge on any atom is 0.325 e. The molecular formula is C29H36N4O2. The van der Waals surface area contributed by atoms with Crippen molar-refractivity contribution >= 4 is 11.7 Å². The monoisotopic (exact) mass is 472 g/mol. The molecule has 2 aliphatic carbocycles. The van der Waals surface area contributed by atoms with Crippen LogP contribution in [0, 0.1) is 17.2 Å². The van der Waals surface area contributed by atoms with Gasteiger partial charge in [0.1, 0.15) is 5.75 Å². The van der Waals surface area contributed by atoms with Crippen LogP contribution in [0.3, 0.4) is 0 Å². The van der Waals surface area contributed by atoms with Crippen LogP contribution in [0.2, 0.25) is 0 Å². The third kappa shape index (κ3) is 3.96. The van der Waals surface area contributed by atoms with E-state index < -0.39 is 0 Å². The Labute approximate surface area is 209 Å². The molecule has 0 unspecified atom stereocenters. The number of carbonyl (C=O) groups is 1. The normalized spacial score (nSPS) is 26.8. The van der Waals surface area contributed by atoms with Crippen LogP contribution in [-0.2, 0) is 5.54 Å². The van der Waals surface area contributed by atoms with E-state index in [9.17, 15) is 10.1 Å². The third-order valence-corrected chi connectivity index (χ3v) is 8.93. The topological polar surface area (TPSA) is 59.8 Å². The molecule has 1 heterocycles. The van der Waals surface area contributed by atoms with E-state index >= 15 is 0 Å². The molecular weight excluding hydrogens is 436 g/mol. The molecule has 0 bridgehead atoms. The van der Waals surface area contributed by atoms with E-state index in [1.807, 2.05) is 11.0 Å². The minimum Gasteiger partial charge on any atom is -0.495 e. The number of amides is 2. The Bertz CT molecular complexity index is 1110. The average Bonchev–Trinajstić information content (AvgIpc) is 3.12. The first kappa shape index (κ1) is 23.7. The molecule has 2 aromatic rings. The Kier molecular flexibility index (Phi) is 6.23. The van der Waals surface area contributed by atoms with Crippen molar-refractivity contribution in [1.82, 2.24) is 9.80 Å². The molecule has 5 rings (SSSR count). The summed E-state index contributed by atoms with van der Waals surface area (Å²) in [5.74, 6) is 1.19. The molecule has 184 valence electrons. The van der Waals surface area contributed by atoms with Gasteiger partial charge in [0.05, 0.1) is 36.5 Å². The van der Waals surface area contributed by atoms with Gasteiger partial charge in [-0.3, -0.25) is 9.80 Å². The van der Waals surface area contributed by atoms with Gasteiger partial charge in [-0.1, -0.05) is 36.8 Å². The zero-order chi connectivity index (χ0) is 24.6. The summed E-state index contributed by atoms with van der Waals surface area (Å²) >= 11 is 0. The highest BCUT2D eigenvalue weighted by atomic mass is 16.5. The zero-order valence-corrected chi connectivity index (χ0v) is 21.2. The molecule has 6 nitrogen and oxygen atoms in total. The van der Waals surface area contributed by atoms with E-state index in [0.29, 0.717) is 23.8 Å². The molecule has 0 atom stereocenters. The number of hydrogen-bond acceptors (Lipinski definition) is 4. The van der Waals surface area contributed by atoms with Crippen LogP contribution in [0.5, 0.6) is 5.75 Å². The van der Waals surface area contributed by atoms with Gasteiger partial charge in [-0.05, 0) is 76.2 Å². The largest absolute Gasteiger partial charge is 0.495 e. The lowest BCUT2D eigenvalue weighted by molar-refractivity contribution is 0.0172. The first-order valence-corrected chi connectivity index (χ1v) is 12.8. The maximum atomic E-state index is 14.0. The van der Waals surface area contributed by atoms with E-state index in [1.165, 1.54) is 24.8 Å². The molecule has 1 aliphatic heterocycles. The van der Waals surface area contributed by atoms with E-state index in [-0.39, 0.29) is 17.1 Å². The molecule has 1 saturated heterocycles. The molecule has 0 radical (unpaired) electrons. The summed E-state index contributed by atoms with van der Waals surface area (Å²) in [6, 6.07) is 18.5. The van der Waals surface area contributed by atoms with Crippen molar-refractivity contribution in [3.8, 4) is 11.8 Å². The summed E-state index contributed by atoms with van der Waals surface area (Å²) in [6.07, 6.45) is 7.65. The van der Waals surface area contributed by atoms with Gasteiger partial charge in [0, 0.05) is 18.2 Å². The van der Waals surface area contributed by atoms with Crippen LogP contribution in [0.4, 0.5) is 10.5 Å². The average molecular weight is 473 g/mol. The number of rotatable bonds is 6. The van der Waals surface area contributed by atoms with Gasteiger partial charge in [0.2, 0.25) is 0 Å². The van der Waals surface area contributed by atoms with E-state index in [2.05, 4.69) is 60.3 Å². The number of benzene rings is 2. The van der Waals surface area contributed by atoms with E-state index in [1.54, 1.807) is 19.2 Å². The van der Waals surface area contributed by atoms with Gasteiger partial charge in [0.15, 0.2) is 0 Å². The second-order valence-corrected chi connectivity index (χ2v) is 10.8. The second-order valence-electron chi connectivity index (χ2n) is 10.8. The van der Waals surface area contributed by atoms with Crippen molar-refractivity contribution in [2.24, 2.45) is 5.92 Å². The molecule has 3 fully saturated rings. The summed E-state index contributed by atoms with van der Waals surface area (Å²) in [5.41, 5.74) is 2.46. The third-order valence-electron chi connectivity index (χ3n) is 8.93. The lowest BCUT2D eigenvalue weighted by atomic mass is 9.68. The van der Waals surface area contributed by atoms with Crippen molar-refractivity contribution < 1.29 is 9.53 Å². The van der Waals surface area contributed by atoms with Crippen molar-refractivity contribution in [2.75, 3.05) is 39.2 Å². The highest BCUT2D eigenvalue weighted by molar-refractivity contribution is 5.97. The van der Waals surface area contributed by atoms with Gasteiger partial charge >= 0.3 is 6.03 Å². The first-order chi connectivity index (χ1) is 16.9. The number of anilines is 1. The molecule has 35 heavy (non-hydrogen) atoms. The van der Waals surface area contributed by atoms with Gasteiger partial charge < -0.3 is 9.64 Å². The number of nitrogens with zero attached hydrogens (tertiary/aromatic N) is 4. The molecule has 0 aromatic heterocycles. The number of methoxy groups -OCH3 is 1. The molecule has 6 heteroatoms. The van der Waals surface area contributed by atoms with Crippen LogP contribution in [0.25, 0.3) is 0 Å². The molecule has 2 aromatic carbocycles. The summed E-state index contributed by atoms with van der Waals surface area (Å²) < 4.78 is 5.63. The predicted molar refractivity (Wildman–Crippen MR) is 138 cm³/mol. The summed E-state index contributed by atoms with van der Waals surface area (Å²) in [5, 5.41) is 9.33. The molecule has 2 amide bonds. The Morgan fingerprint density at radius 2 is 1.80 bits per heavy atom. The van der Waals surface area contributed by atoms with E-state index in [0.717, 1.165) is 37.9 Å². The molecule has 1 spiro atoms. The number of urea groups is 1. The van der Waals surface area contributed by atoms with Gasteiger partial charge in [-0.25, -0.2) is 4.79 Å². The lowest BCUT2D eigenvalue weighted by Gasteiger charge is -2.51. The smallest absolute Gasteiger partial charge is 0.325 e. The highest BCUT2D eigenvalue weighted by Gasteiger charge is 2.55. The minimum atomic E-state index is -0.181. The van der Waals surface area contributed by atoms with E-state index in [4.69, 9.17) is 4.74 Å². The van der Waals surface area contributed by atoms with Crippen LogP contribution in [0.1, 0.15) is 56.1 Å². The first-order valence-electron chi connectivity index (χ1n) is 12.8. The Balaban J connectivity index is 1.48. The SMILES string of the molecule is COc1cc(C#N)ccc1N1C[C@]2(CC[C@@](c3ccccc3)(N(C)C)CC2)N(CC2CCC2)C1=O. The van der Waals surface area contributed by atoms with Crippen LogP contribution in [0.15, 0.2) is 48.5 Å². The van der Waals surface area contributed by atoms with Crippen LogP contribution < -0.4 is 9.64 Å². The van der Waals surface area contributed by atoms with Crippen LogP contribution >= 0.6 is 0 Å². The van der Waals surface area contributed by atoms with Crippen molar-refractivity contribution in [1.29, 1.82) is 5.26 Å². The molecule has 0 N–H and O–H groups in total. The quantitative estimate of drug-likeness (QED) is 0.566. The number of carbonyl (C=O) groups excluding carboxylic acids is 1. The van der Waals surface area contributed by atoms with Crippen molar-refractivity contribution in [3.63, 3.8) is 0 Å². The Morgan fingerprint density at radius 1 is 1.09 bits per heavy atom. The molecule has 3 aliphatic rings. The predicted octanol–water partition coefficient (Wildman–Crippen LogP) is 5.38. The Morgan fingerprint density at radius 3 is 2.37 bits per heavy atom. The van der Waals surface area contributed by atoms with Crippen molar-refractivity contribution in [2.45, 2.75) is 56.0 Å². The fourth-order valence-electron chi connectivity index (χ4n) is 6.46. The maximum absolute atomic E-state index is 14.0. The standard InChI is InChI=1S/C29H36N4O2/c1-31(2)29(24-10-5-4-6-11-24)16-14-28(15-17-29)21-32(27(34)33(28)20-22-8-7-9-22)25-13-12-23(19-30)18-26(25)35-3/h4-6,10-13,18,22H,7-9,14-17,20-21H2,1-3H3/t28-,29-. The van der Waals surface area contributed by atoms with Gasteiger partial charge in [0.25, 0.3) is 0 Å². The summed E-state index contributed by atoms with van der Waals surface area (Å²) in [7, 11) is 5.98. The second kappa shape index (κ2) is 9.20. The fourth-order valence-corrected chi connectivity index (χ4v) is 6.46.